The molecule has 1 aliphatic rings. The Labute approximate surface area is 106 Å². The van der Waals surface area contributed by atoms with Crippen molar-refractivity contribution in [2.24, 2.45) is 11.8 Å². The molecule has 0 heterocycles. The molecule has 96 valence electrons. The normalized spacial score (nSPS) is 21.0. The molecular weight excluding hydrogens is 230 g/mol. The Balaban J connectivity index is 1.91. The van der Waals surface area contributed by atoms with E-state index in [-0.39, 0.29) is 17.9 Å². The standard InChI is InChI=1S/C13H17N3O2/c1-8-7-11(8)12(17)15-9-3-5-10(6-4-9)16-13(18)14-2/h3-6,8,11H,7H2,1-2H3,(H,15,17)(H2,14,16,18). The first kappa shape index (κ1) is 12.4. The van der Waals surface area contributed by atoms with Crippen molar-refractivity contribution in [2.75, 3.05) is 17.7 Å². The Hall–Kier alpha value is -2.04. The summed E-state index contributed by atoms with van der Waals surface area (Å²) in [4.78, 5) is 22.8. The molecule has 3 amide bonds. The molecule has 0 aliphatic heterocycles. The summed E-state index contributed by atoms with van der Waals surface area (Å²) in [7, 11) is 1.56. The van der Waals surface area contributed by atoms with Crippen molar-refractivity contribution in [1.82, 2.24) is 5.32 Å². The summed E-state index contributed by atoms with van der Waals surface area (Å²) < 4.78 is 0. The fourth-order valence-electron chi connectivity index (χ4n) is 1.75. The molecule has 0 aromatic heterocycles. The first-order chi connectivity index (χ1) is 8.60. The minimum atomic E-state index is -0.265. The van der Waals surface area contributed by atoms with Gasteiger partial charge in [-0.25, -0.2) is 4.79 Å². The van der Waals surface area contributed by atoms with Gasteiger partial charge < -0.3 is 16.0 Å². The van der Waals surface area contributed by atoms with Crippen LogP contribution >= 0.6 is 0 Å². The van der Waals surface area contributed by atoms with Crippen LogP contribution in [-0.4, -0.2) is 19.0 Å². The molecule has 3 N–H and O–H groups in total. The zero-order valence-electron chi connectivity index (χ0n) is 10.5. The smallest absolute Gasteiger partial charge is 0.318 e. The highest BCUT2D eigenvalue weighted by Gasteiger charge is 2.38. The number of benzene rings is 1. The third kappa shape index (κ3) is 3.00. The van der Waals surface area contributed by atoms with E-state index in [0.717, 1.165) is 12.1 Å². The van der Waals surface area contributed by atoms with Crippen LogP contribution in [0, 0.1) is 11.8 Å². The molecule has 2 atom stereocenters. The molecule has 1 aromatic rings. The van der Waals surface area contributed by atoms with Crippen molar-refractivity contribution in [3.05, 3.63) is 24.3 Å². The molecule has 2 unspecified atom stereocenters. The van der Waals surface area contributed by atoms with Gasteiger partial charge in [0.25, 0.3) is 0 Å². The molecule has 18 heavy (non-hydrogen) atoms. The van der Waals surface area contributed by atoms with Gasteiger partial charge in [-0.1, -0.05) is 6.92 Å². The molecule has 1 saturated carbocycles. The molecule has 0 radical (unpaired) electrons. The minimum Gasteiger partial charge on any atom is -0.341 e. The van der Waals surface area contributed by atoms with Crippen LogP contribution < -0.4 is 16.0 Å². The van der Waals surface area contributed by atoms with E-state index in [9.17, 15) is 9.59 Å². The van der Waals surface area contributed by atoms with Gasteiger partial charge in [-0.3, -0.25) is 4.79 Å². The second-order valence-corrected chi connectivity index (χ2v) is 4.59. The monoisotopic (exact) mass is 247 g/mol. The van der Waals surface area contributed by atoms with E-state index in [1.165, 1.54) is 0 Å². The SMILES string of the molecule is CNC(=O)Nc1ccc(NC(=O)C2CC2C)cc1. The molecule has 2 rings (SSSR count). The number of anilines is 2. The van der Waals surface area contributed by atoms with E-state index in [4.69, 9.17) is 0 Å². The number of hydrogen-bond acceptors (Lipinski definition) is 2. The summed E-state index contributed by atoms with van der Waals surface area (Å²) in [5.41, 5.74) is 1.44. The lowest BCUT2D eigenvalue weighted by molar-refractivity contribution is -0.117. The Kier molecular flexibility index (Phi) is 3.50. The van der Waals surface area contributed by atoms with Gasteiger partial charge in [0.2, 0.25) is 5.91 Å². The summed E-state index contributed by atoms with van der Waals surface area (Å²) in [6.07, 6.45) is 0.974. The van der Waals surface area contributed by atoms with Crippen molar-refractivity contribution < 1.29 is 9.59 Å². The molecule has 1 aliphatic carbocycles. The highest BCUT2D eigenvalue weighted by molar-refractivity contribution is 5.95. The van der Waals surface area contributed by atoms with Crippen molar-refractivity contribution in [3.63, 3.8) is 0 Å². The fraction of sp³-hybridized carbons (Fsp3) is 0.385. The lowest BCUT2D eigenvalue weighted by Gasteiger charge is -2.07. The van der Waals surface area contributed by atoms with E-state index in [1.54, 1.807) is 31.3 Å². The number of carbonyl (C=O) groups excluding carboxylic acids is 2. The quantitative estimate of drug-likeness (QED) is 0.765. The molecular formula is C13H17N3O2. The second-order valence-electron chi connectivity index (χ2n) is 4.59. The topological polar surface area (TPSA) is 70.2 Å². The van der Waals surface area contributed by atoms with Crippen molar-refractivity contribution in [3.8, 4) is 0 Å². The zero-order valence-corrected chi connectivity index (χ0v) is 10.5. The number of carbonyl (C=O) groups is 2. The first-order valence-corrected chi connectivity index (χ1v) is 6.00. The maximum Gasteiger partial charge on any atom is 0.318 e. The summed E-state index contributed by atoms with van der Waals surface area (Å²) >= 11 is 0. The number of nitrogens with one attached hydrogen (secondary N) is 3. The van der Waals surface area contributed by atoms with Gasteiger partial charge >= 0.3 is 6.03 Å². The van der Waals surface area contributed by atoms with E-state index in [2.05, 4.69) is 22.9 Å². The highest BCUT2D eigenvalue weighted by Crippen LogP contribution is 2.38. The van der Waals surface area contributed by atoms with Crippen LogP contribution in [-0.2, 0) is 4.79 Å². The minimum absolute atomic E-state index is 0.0783. The highest BCUT2D eigenvalue weighted by atomic mass is 16.2. The Bertz CT molecular complexity index is 456. The van der Waals surface area contributed by atoms with Gasteiger partial charge in [0, 0.05) is 24.3 Å². The van der Waals surface area contributed by atoms with E-state index < -0.39 is 0 Å². The van der Waals surface area contributed by atoms with Crippen molar-refractivity contribution in [2.45, 2.75) is 13.3 Å². The number of rotatable bonds is 3. The number of amides is 3. The van der Waals surface area contributed by atoms with Crippen LogP contribution in [0.15, 0.2) is 24.3 Å². The summed E-state index contributed by atoms with van der Waals surface area (Å²) in [6, 6.07) is 6.79. The molecule has 0 spiro atoms. The molecule has 5 nitrogen and oxygen atoms in total. The molecule has 1 aromatic carbocycles. The van der Waals surface area contributed by atoms with Crippen molar-refractivity contribution >= 4 is 23.3 Å². The fourth-order valence-corrected chi connectivity index (χ4v) is 1.75. The predicted octanol–water partition coefficient (Wildman–Crippen LogP) is 2.03. The van der Waals surface area contributed by atoms with Gasteiger partial charge in [-0.15, -0.1) is 0 Å². The zero-order chi connectivity index (χ0) is 13.1. The molecule has 1 fully saturated rings. The predicted molar refractivity (Wildman–Crippen MR) is 70.4 cm³/mol. The van der Waals surface area contributed by atoms with Gasteiger partial charge in [0.05, 0.1) is 0 Å². The van der Waals surface area contributed by atoms with Crippen LogP contribution in [0.2, 0.25) is 0 Å². The second kappa shape index (κ2) is 5.08. The van der Waals surface area contributed by atoms with Crippen molar-refractivity contribution in [1.29, 1.82) is 0 Å². The average Bonchev–Trinajstić information content (AvgIpc) is 3.09. The summed E-state index contributed by atoms with van der Waals surface area (Å²) in [5, 5.41) is 7.98. The summed E-state index contributed by atoms with van der Waals surface area (Å²) in [6.45, 7) is 2.07. The number of urea groups is 1. The van der Waals surface area contributed by atoms with Crippen LogP contribution in [0.1, 0.15) is 13.3 Å². The largest absolute Gasteiger partial charge is 0.341 e. The van der Waals surface area contributed by atoms with Gasteiger partial charge in [-0.2, -0.15) is 0 Å². The van der Waals surface area contributed by atoms with Gasteiger partial charge in [-0.05, 0) is 36.6 Å². The lowest BCUT2D eigenvalue weighted by Crippen LogP contribution is -2.24. The maximum atomic E-state index is 11.7. The van der Waals surface area contributed by atoms with Crippen LogP contribution in [0.5, 0.6) is 0 Å². The lowest BCUT2D eigenvalue weighted by atomic mass is 10.2. The molecule has 0 bridgehead atoms. The third-order valence-corrected chi connectivity index (χ3v) is 3.08. The van der Waals surface area contributed by atoms with E-state index in [1.807, 2.05) is 0 Å². The van der Waals surface area contributed by atoms with E-state index in [0.29, 0.717) is 11.6 Å². The summed E-state index contributed by atoms with van der Waals surface area (Å²) in [5.74, 6) is 0.738. The Morgan fingerprint density at radius 2 is 1.61 bits per heavy atom. The Morgan fingerprint density at radius 3 is 2.06 bits per heavy atom. The van der Waals surface area contributed by atoms with Crippen LogP contribution in [0.4, 0.5) is 16.2 Å². The molecule has 0 saturated heterocycles. The van der Waals surface area contributed by atoms with Crippen LogP contribution in [0.25, 0.3) is 0 Å². The average molecular weight is 247 g/mol. The third-order valence-electron chi connectivity index (χ3n) is 3.08. The number of hydrogen-bond donors (Lipinski definition) is 3. The maximum absolute atomic E-state index is 11.7. The van der Waals surface area contributed by atoms with E-state index >= 15 is 0 Å². The van der Waals surface area contributed by atoms with Gasteiger partial charge in [0.1, 0.15) is 0 Å². The van der Waals surface area contributed by atoms with Gasteiger partial charge in [0.15, 0.2) is 0 Å². The van der Waals surface area contributed by atoms with Crippen LogP contribution in [0.3, 0.4) is 0 Å². The Morgan fingerprint density at radius 1 is 1.11 bits per heavy atom. The first-order valence-electron chi connectivity index (χ1n) is 6.00. The molecule has 5 heteroatoms.